The fourth-order valence-corrected chi connectivity index (χ4v) is 4.06. The van der Waals surface area contributed by atoms with Gasteiger partial charge in [0.05, 0.1) is 11.4 Å². The molecule has 0 amide bonds. The summed E-state index contributed by atoms with van der Waals surface area (Å²) in [7, 11) is 0. The summed E-state index contributed by atoms with van der Waals surface area (Å²) in [5, 5.41) is 3.41. The van der Waals surface area contributed by atoms with Crippen LogP contribution in [0, 0.1) is 0 Å². The first-order valence-corrected chi connectivity index (χ1v) is 11.0. The fourth-order valence-electron chi connectivity index (χ4n) is 4.06. The Labute approximate surface area is 188 Å². The van der Waals surface area contributed by atoms with Gasteiger partial charge in [-0.05, 0) is 30.2 Å². The quantitative estimate of drug-likeness (QED) is 0.301. The fraction of sp³-hybridized carbons (Fsp3) is 0.0690. The van der Waals surface area contributed by atoms with Crippen LogP contribution in [0.3, 0.4) is 0 Å². The van der Waals surface area contributed by atoms with Crippen molar-refractivity contribution in [1.29, 1.82) is 0 Å². The van der Waals surface area contributed by atoms with Crippen molar-refractivity contribution in [2.45, 2.75) is 6.92 Å². The number of aromatic nitrogens is 2. The maximum atomic E-state index is 5.10. The number of H-pyrrole nitrogens is 1. The Morgan fingerprint density at radius 1 is 0.656 bits per heavy atom. The van der Waals surface area contributed by atoms with Gasteiger partial charge in [-0.3, -0.25) is 0 Å². The van der Waals surface area contributed by atoms with E-state index >= 15 is 0 Å². The summed E-state index contributed by atoms with van der Waals surface area (Å²) >= 11 is 0. The third-order valence-electron chi connectivity index (χ3n) is 5.55. The Bertz CT molecular complexity index is 1260. The molecule has 1 heterocycles. The number of rotatable bonds is 6. The summed E-state index contributed by atoms with van der Waals surface area (Å²) in [6.45, 7) is 3.00. The summed E-state index contributed by atoms with van der Waals surface area (Å²) < 4.78 is 0. The molecule has 0 radical (unpaired) electrons. The zero-order valence-corrected chi connectivity index (χ0v) is 18.0. The van der Waals surface area contributed by atoms with E-state index in [9.17, 15) is 0 Å². The third kappa shape index (κ3) is 3.93. The molecule has 0 atom stereocenters. The monoisotopic (exact) mass is 415 g/mol. The van der Waals surface area contributed by atoms with E-state index in [0.29, 0.717) is 0 Å². The SMILES string of the molecule is CCNc1cccc(-c2ccccc2-c2nc(-c3ccccc3)c(-c3ccccc3)[nH]2)c1. The van der Waals surface area contributed by atoms with Crippen LogP contribution >= 0.6 is 0 Å². The van der Waals surface area contributed by atoms with Crippen molar-refractivity contribution in [3.05, 3.63) is 109 Å². The van der Waals surface area contributed by atoms with Crippen molar-refractivity contribution < 1.29 is 0 Å². The van der Waals surface area contributed by atoms with Crippen LogP contribution in [0.15, 0.2) is 109 Å². The van der Waals surface area contributed by atoms with E-state index in [2.05, 4.69) is 114 Å². The number of aromatic amines is 1. The minimum absolute atomic E-state index is 0.868. The standard InChI is InChI=1S/C29H25N3/c1-2-30-24-17-11-16-23(20-24)25-18-9-10-19-26(25)29-31-27(21-12-5-3-6-13-21)28(32-29)22-14-7-4-8-15-22/h3-20,30H,2H2,1H3,(H,31,32). The molecule has 0 aliphatic carbocycles. The highest BCUT2D eigenvalue weighted by atomic mass is 14.9. The Balaban J connectivity index is 1.67. The van der Waals surface area contributed by atoms with E-state index in [1.165, 1.54) is 0 Å². The summed E-state index contributed by atoms with van der Waals surface area (Å²) in [5.74, 6) is 0.868. The highest BCUT2D eigenvalue weighted by molar-refractivity contribution is 5.86. The molecule has 156 valence electrons. The van der Waals surface area contributed by atoms with Crippen molar-refractivity contribution in [3.63, 3.8) is 0 Å². The molecule has 0 fully saturated rings. The van der Waals surface area contributed by atoms with Crippen molar-refractivity contribution in [3.8, 4) is 45.0 Å². The number of hydrogen-bond donors (Lipinski definition) is 2. The lowest BCUT2D eigenvalue weighted by Crippen LogP contribution is -1.96. The van der Waals surface area contributed by atoms with Crippen LogP contribution in [0.4, 0.5) is 5.69 Å². The summed E-state index contributed by atoms with van der Waals surface area (Å²) in [6.07, 6.45) is 0. The first-order valence-electron chi connectivity index (χ1n) is 11.0. The van der Waals surface area contributed by atoms with E-state index < -0.39 is 0 Å². The van der Waals surface area contributed by atoms with Gasteiger partial charge in [0, 0.05) is 28.9 Å². The highest BCUT2D eigenvalue weighted by Gasteiger charge is 2.17. The Hall–Kier alpha value is -4.11. The first-order chi connectivity index (χ1) is 15.8. The second kappa shape index (κ2) is 8.94. The summed E-state index contributed by atoms with van der Waals surface area (Å²) in [6, 6.07) is 37.7. The average Bonchev–Trinajstić information content (AvgIpc) is 3.31. The Morgan fingerprint density at radius 2 is 1.28 bits per heavy atom. The van der Waals surface area contributed by atoms with Crippen molar-refractivity contribution in [1.82, 2.24) is 9.97 Å². The molecule has 3 heteroatoms. The second-order valence-corrected chi connectivity index (χ2v) is 7.70. The summed E-state index contributed by atoms with van der Waals surface area (Å²) in [5.41, 5.74) is 8.73. The largest absolute Gasteiger partial charge is 0.385 e. The molecule has 1 aromatic heterocycles. The van der Waals surface area contributed by atoms with Gasteiger partial charge < -0.3 is 10.3 Å². The molecule has 32 heavy (non-hydrogen) atoms. The Kier molecular flexibility index (Phi) is 5.54. The van der Waals surface area contributed by atoms with Gasteiger partial charge in [-0.2, -0.15) is 0 Å². The summed E-state index contributed by atoms with van der Waals surface area (Å²) in [4.78, 5) is 8.74. The maximum Gasteiger partial charge on any atom is 0.139 e. The van der Waals surface area contributed by atoms with Crippen LogP contribution in [0.2, 0.25) is 0 Å². The van der Waals surface area contributed by atoms with Crippen molar-refractivity contribution >= 4 is 5.69 Å². The molecular weight excluding hydrogens is 390 g/mol. The van der Waals surface area contributed by atoms with E-state index in [0.717, 1.165) is 57.3 Å². The molecule has 0 unspecified atom stereocenters. The van der Waals surface area contributed by atoms with Crippen LogP contribution in [-0.2, 0) is 0 Å². The lowest BCUT2D eigenvalue weighted by molar-refractivity contribution is 1.21. The van der Waals surface area contributed by atoms with E-state index in [1.54, 1.807) is 0 Å². The van der Waals surface area contributed by atoms with Gasteiger partial charge in [-0.25, -0.2) is 4.98 Å². The van der Waals surface area contributed by atoms with E-state index in [-0.39, 0.29) is 0 Å². The van der Waals surface area contributed by atoms with Crippen LogP contribution in [0.1, 0.15) is 6.92 Å². The molecule has 0 saturated carbocycles. The molecule has 0 bridgehead atoms. The minimum atomic E-state index is 0.868. The molecule has 0 spiro atoms. The average molecular weight is 416 g/mol. The van der Waals surface area contributed by atoms with Gasteiger partial charge in [0.2, 0.25) is 0 Å². The van der Waals surface area contributed by atoms with Crippen LogP contribution in [-0.4, -0.2) is 16.5 Å². The number of nitrogens with zero attached hydrogens (tertiary/aromatic N) is 1. The first kappa shape index (κ1) is 19.8. The number of nitrogens with one attached hydrogen (secondary N) is 2. The molecule has 0 aliphatic heterocycles. The van der Waals surface area contributed by atoms with Crippen molar-refractivity contribution in [2.75, 3.05) is 11.9 Å². The smallest absolute Gasteiger partial charge is 0.139 e. The minimum Gasteiger partial charge on any atom is -0.385 e. The molecule has 4 aromatic carbocycles. The van der Waals surface area contributed by atoms with Gasteiger partial charge in [0.25, 0.3) is 0 Å². The van der Waals surface area contributed by atoms with Gasteiger partial charge in [0.15, 0.2) is 0 Å². The highest BCUT2D eigenvalue weighted by Crippen LogP contribution is 2.37. The number of benzene rings is 4. The van der Waals surface area contributed by atoms with Crippen molar-refractivity contribution in [2.24, 2.45) is 0 Å². The topological polar surface area (TPSA) is 40.7 Å². The lowest BCUT2D eigenvalue weighted by Gasteiger charge is -2.10. The molecule has 5 aromatic rings. The molecule has 0 saturated heterocycles. The van der Waals surface area contributed by atoms with E-state index in [4.69, 9.17) is 4.98 Å². The van der Waals surface area contributed by atoms with Crippen LogP contribution in [0.5, 0.6) is 0 Å². The molecule has 2 N–H and O–H groups in total. The number of anilines is 1. The molecule has 0 aliphatic rings. The van der Waals surface area contributed by atoms with Gasteiger partial charge in [-0.15, -0.1) is 0 Å². The number of imidazole rings is 1. The zero-order chi connectivity index (χ0) is 21.8. The maximum absolute atomic E-state index is 5.10. The van der Waals surface area contributed by atoms with Gasteiger partial charge in [-0.1, -0.05) is 97.1 Å². The zero-order valence-electron chi connectivity index (χ0n) is 18.0. The molecule has 5 rings (SSSR count). The third-order valence-corrected chi connectivity index (χ3v) is 5.55. The normalized spacial score (nSPS) is 10.8. The molecular formula is C29H25N3. The van der Waals surface area contributed by atoms with Crippen LogP contribution < -0.4 is 5.32 Å². The van der Waals surface area contributed by atoms with Crippen LogP contribution in [0.25, 0.3) is 45.0 Å². The van der Waals surface area contributed by atoms with Gasteiger partial charge in [0.1, 0.15) is 5.82 Å². The predicted molar refractivity (Wildman–Crippen MR) is 134 cm³/mol. The second-order valence-electron chi connectivity index (χ2n) is 7.70. The van der Waals surface area contributed by atoms with Gasteiger partial charge >= 0.3 is 0 Å². The lowest BCUT2D eigenvalue weighted by atomic mass is 9.99. The van der Waals surface area contributed by atoms with E-state index in [1.807, 2.05) is 12.1 Å². The Morgan fingerprint density at radius 3 is 2.00 bits per heavy atom. The molecule has 3 nitrogen and oxygen atoms in total. The predicted octanol–water partition coefficient (Wildman–Crippen LogP) is 7.51. The number of hydrogen-bond acceptors (Lipinski definition) is 2.